The second-order valence-corrected chi connectivity index (χ2v) is 3.04. The van der Waals surface area contributed by atoms with Crippen molar-refractivity contribution in [1.82, 2.24) is 4.98 Å². The zero-order valence-electron chi connectivity index (χ0n) is 6.69. The summed E-state index contributed by atoms with van der Waals surface area (Å²) >= 11 is 5.44. The molecule has 0 aliphatic carbocycles. The van der Waals surface area contributed by atoms with Crippen molar-refractivity contribution in [3.05, 3.63) is 40.8 Å². The van der Waals surface area contributed by atoms with Gasteiger partial charge in [0, 0.05) is 0 Å². The molecule has 0 atom stereocenters. The third kappa shape index (κ3) is 1.23. The second kappa shape index (κ2) is 3.13. The Morgan fingerprint density at radius 3 is 2.57 bits per heavy atom. The zero-order valence-corrected chi connectivity index (χ0v) is 7.45. The van der Waals surface area contributed by atoms with Crippen LogP contribution in [-0.2, 0) is 0 Å². The Hall–Kier alpha value is -1.29. The van der Waals surface area contributed by atoms with Crippen molar-refractivity contribution >= 4 is 22.5 Å². The highest BCUT2D eigenvalue weighted by molar-refractivity contribution is 6.35. The summed E-state index contributed by atoms with van der Waals surface area (Å²) in [5, 5.41) is -0.779. The number of nitrogens with zero attached hydrogens (tertiary/aromatic N) is 1. The number of halogens is 4. The third-order valence-electron chi connectivity index (χ3n) is 1.80. The number of rotatable bonds is 0. The first-order chi connectivity index (χ1) is 6.61. The lowest BCUT2D eigenvalue weighted by Gasteiger charge is -2.02. The first kappa shape index (κ1) is 9.27. The average molecular weight is 218 g/mol. The topological polar surface area (TPSA) is 12.9 Å². The van der Waals surface area contributed by atoms with Gasteiger partial charge in [-0.3, -0.25) is 0 Å². The van der Waals surface area contributed by atoms with Crippen LogP contribution in [0.4, 0.5) is 13.2 Å². The fraction of sp³-hybridized carbons (Fsp3) is 0. The minimum absolute atomic E-state index is 0.00565. The minimum Gasteiger partial charge on any atom is -0.217 e. The highest BCUT2D eigenvalue weighted by Gasteiger charge is 2.15. The Bertz CT molecular complexity index is 513. The maximum absolute atomic E-state index is 13.1. The summed E-state index contributed by atoms with van der Waals surface area (Å²) in [6.45, 7) is 0. The first-order valence-electron chi connectivity index (χ1n) is 3.70. The van der Waals surface area contributed by atoms with Gasteiger partial charge in [0.05, 0.1) is 15.9 Å². The van der Waals surface area contributed by atoms with E-state index in [1.807, 2.05) is 0 Å². The summed E-state index contributed by atoms with van der Waals surface area (Å²) in [5.41, 5.74) is -0.00565. The van der Waals surface area contributed by atoms with Gasteiger partial charge in [0.15, 0.2) is 5.82 Å². The van der Waals surface area contributed by atoms with Crippen molar-refractivity contribution in [2.45, 2.75) is 0 Å². The van der Waals surface area contributed by atoms with Gasteiger partial charge in [-0.25, -0.2) is 13.8 Å². The molecule has 2 rings (SSSR count). The standard InChI is InChI=1S/C9H3ClF3N/c10-7-6-4(11)2-1-3-5(6)14-9(13)8(7)12/h1-3H. The fourth-order valence-electron chi connectivity index (χ4n) is 1.18. The molecule has 0 aliphatic rings. The van der Waals surface area contributed by atoms with Gasteiger partial charge < -0.3 is 0 Å². The quantitative estimate of drug-likeness (QED) is 0.617. The summed E-state index contributed by atoms with van der Waals surface area (Å²) in [5.74, 6) is -3.38. The fourth-order valence-corrected chi connectivity index (χ4v) is 1.44. The molecule has 1 heterocycles. The molecule has 2 aromatic rings. The molecule has 0 spiro atoms. The monoisotopic (exact) mass is 217 g/mol. The van der Waals surface area contributed by atoms with Crippen molar-refractivity contribution < 1.29 is 13.2 Å². The summed E-state index contributed by atoms with van der Waals surface area (Å²) in [7, 11) is 0. The van der Waals surface area contributed by atoms with Gasteiger partial charge in [-0.05, 0) is 12.1 Å². The zero-order chi connectivity index (χ0) is 10.3. The molecule has 1 aromatic carbocycles. The van der Waals surface area contributed by atoms with Crippen molar-refractivity contribution in [2.24, 2.45) is 0 Å². The molecule has 0 saturated heterocycles. The van der Waals surface area contributed by atoms with Gasteiger partial charge in [-0.15, -0.1) is 0 Å². The van der Waals surface area contributed by atoms with Gasteiger partial charge in [-0.1, -0.05) is 17.7 Å². The first-order valence-corrected chi connectivity index (χ1v) is 4.08. The molecule has 0 radical (unpaired) electrons. The summed E-state index contributed by atoms with van der Waals surface area (Å²) in [6.07, 6.45) is 0. The number of fused-ring (bicyclic) bond motifs is 1. The normalized spacial score (nSPS) is 10.9. The molecule has 0 bridgehead atoms. The summed E-state index contributed by atoms with van der Waals surface area (Å²) in [6, 6.07) is 3.80. The summed E-state index contributed by atoms with van der Waals surface area (Å²) < 4.78 is 38.8. The molecule has 1 aromatic heterocycles. The van der Waals surface area contributed by atoms with E-state index in [0.717, 1.165) is 6.07 Å². The molecule has 0 unspecified atom stereocenters. The number of pyridine rings is 1. The lowest BCUT2D eigenvalue weighted by atomic mass is 10.2. The number of hydrogen-bond donors (Lipinski definition) is 0. The van der Waals surface area contributed by atoms with E-state index < -0.39 is 22.6 Å². The molecule has 1 nitrogen and oxygen atoms in total. The maximum Gasteiger partial charge on any atom is 0.251 e. The van der Waals surface area contributed by atoms with Crippen LogP contribution in [0, 0.1) is 17.6 Å². The average Bonchev–Trinajstić information content (AvgIpc) is 2.14. The van der Waals surface area contributed by atoms with Gasteiger partial charge in [0.2, 0.25) is 0 Å². The van der Waals surface area contributed by atoms with E-state index in [1.54, 1.807) is 0 Å². The van der Waals surface area contributed by atoms with Crippen LogP contribution in [0.25, 0.3) is 10.9 Å². The van der Waals surface area contributed by atoms with Gasteiger partial charge >= 0.3 is 0 Å². The van der Waals surface area contributed by atoms with Crippen LogP contribution in [0.1, 0.15) is 0 Å². The van der Waals surface area contributed by atoms with Gasteiger partial charge in [-0.2, -0.15) is 4.39 Å². The maximum atomic E-state index is 13.1. The van der Waals surface area contributed by atoms with E-state index in [2.05, 4.69) is 4.98 Å². The van der Waals surface area contributed by atoms with Gasteiger partial charge in [0.1, 0.15) is 5.82 Å². The molecule has 0 amide bonds. The highest BCUT2D eigenvalue weighted by Crippen LogP contribution is 2.28. The molecule has 0 fully saturated rings. The van der Waals surface area contributed by atoms with Crippen LogP contribution in [-0.4, -0.2) is 4.98 Å². The Morgan fingerprint density at radius 1 is 1.14 bits per heavy atom. The Labute approximate surface area is 82.1 Å². The van der Waals surface area contributed by atoms with Crippen molar-refractivity contribution in [3.8, 4) is 0 Å². The molecule has 0 saturated carbocycles. The molecule has 72 valence electrons. The van der Waals surface area contributed by atoms with E-state index in [-0.39, 0.29) is 10.9 Å². The van der Waals surface area contributed by atoms with Crippen LogP contribution in [0.5, 0.6) is 0 Å². The molecular weight excluding hydrogens is 215 g/mol. The van der Waals surface area contributed by atoms with Crippen LogP contribution < -0.4 is 0 Å². The van der Waals surface area contributed by atoms with Crippen molar-refractivity contribution in [1.29, 1.82) is 0 Å². The Kier molecular flexibility index (Phi) is 2.07. The van der Waals surface area contributed by atoms with E-state index >= 15 is 0 Å². The van der Waals surface area contributed by atoms with E-state index in [9.17, 15) is 13.2 Å². The molecular formula is C9H3ClF3N. The largest absolute Gasteiger partial charge is 0.251 e. The molecule has 0 N–H and O–H groups in total. The lowest BCUT2D eigenvalue weighted by molar-refractivity contribution is 0.483. The second-order valence-electron chi connectivity index (χ2n) is 2.66. The van der Waals surface area contributed by atoms with Crippen LogP contribution >= 0.6 is 11.6 Å². The van der Waals surface area contributed by atoms with Gasteiger partial charge in [0.25, 0.3) is 5.95 Å². The number of benzene rings is 1. The molecule has 5 heteroatoms. The van der Waals surface area contributed by atoms with Crippen molar-refractivity contribution in [2.75, 3.05) is 0 Å². The SMILES string of the molecule is Fc1nc2cccc(F)c2c(Cl)c1F. The van der Waals surface area contributed by atoms with Crippen LogP contribution in [0.15, 0.2) is 18.2 Å². The smallest absolute Gasteiger partial charge is 0.217 e. The van der Waals surface area contributed by atoms with Crippen LogP contribution in [0.2, 0.25) is 5.02 Å². The Morgan fingerprint density at radius 2 is 1.86 bits per heavy atom. The lowest BCUT2D eigenvalue weighted by Crippen LogP contribution is -1.94. The van der Waals surface area contributed by atoms with E-state index in [0.29, 0.717) is 0 Å². The highest BCUT2D eigenvalue weighted by atomic mass is 35.5. The Balaban J connectivity index is 2.99. The van der Waals surface area contributed by atoms with E-state index in [4.69, 9.17) is 11.6 Å². The van der Waals surface area contributed by atoms with Crippen LogP contribution in [0.3, 0.4) is 0 Å². The predicted molar refractivity (Wildman–Crippen MR) is 46.6 cm³/mol. The van der Waals surface area contributed by atoms with Crippen molar-refractivity contribution in [3.63, 3.8) is 0 Å². The number of hydrogen-bond acceptors (Lipinski definition) is 1. The molecule has 14 heavy (non-hydrogen) atoms. The number of aromatic nitrogens is 1. The molecule has 0 aliphatic heterocycles. The minimum atomic E-state index is -1.33. The van der Waals surface area contributed by atoms with E-state index in [1.165, 1.54) is 12.1 Å². The third-order valence-corrected chi connectivity index (χ3v) is 2.16. The predicted octanol–water partition coefficient (Wildman–Crippen LogP) is 3.31. The summed E-state index contributed by atoms with van der Waals surface area (Å²) in [4.78, 5) is 3.23.